The van der Waals surface area contributed by atoms with Gasteiger partial charge in [-0.05, 0) is 35.4 Å². The van der Waals surface area contributed by atoms with Gasteiger partial charge in [0, 0.05) is 30.1 Å². The number of nitrogens with two attached hydrogens (primary N) is 1. The van der Waals surface area contributed by atoms with Crippen LogP contribution in [-0.2, 0) is 5.41 Å². The van der Waals surface area contributed by atoms with E-state index in [0.717, 1.165) is 5.75 Å². The van der Waals surface area contributed by atoms with Crippen molar-refractivity contribution in [2.24, 2.45) is 11.7 Å². The molecule has 1 atom stereocenters. The molecule has 0 bridgehead atoms. The van der Waals surface area contributed by atoms with Crippen LogP contribution in [0.3, 0.4) is 0 Å². The number of thioether (sulfide) groups is 1. The molecule has 1 unspecified atom stereocenters. The van der Waals surface area contributed by atoms with E-state index in [0.29, 0.717) is 11.8 Å². The lowest BCUT2D eigenvalue weighted by molar-refractivity contribution is 0.508. The third-order valence-electron chi connectivity index (χ3n) is 3.53. The predicted molar refractivity (Wildman–Crippen MR) is 96.2 cm³/mol. The number of aromatic nitrogens is 1. The molecule has 1 aromatic heterocycles. The second-order valence-electron chi connectivity index (χ2n) is 6.53. The molecule has 0 fully saturated rings. The van der Waals surface area contributed by atoms with Crippen LogP contribution in [0.1, 0.15) is 58.1 Å². The Bertz CT molecular complexity index is 494. The van der Waals surface area contributed by atoms with Crippen molar-refractivity contribution >= 4 is 16.9 Å². The van der Waals surface area contributed by atoms with Crippen LogP contribution < -0.4 is 5.73 Å². The third-order valence-corrected chi connectivity index (χ3v) is 4.71. The Morgan fingerprint density at radius 3 is 2.50 bits per heavy atom. The van der Waals surface area contributed by atoms with Crippen molar-refractivity contribution in [1.29, 1.82) is 10.7 Å². The predicted octanol–water partition coefficient (Wildman–Crippen LogP) is 4.28. The first-order valence-corrected chi connectivity index (χ1v) is 8.39. The Balaban J connectivity index is 0.00000211. The Morgan fingerprint density at radius 1 is 1.41 bits per heavy atom. The van der Waals surface area contributed by atoms with Crippen LogP contribution in [0.25, 0.3) is 0 Å². The molecule has 0 amide bonds. The highest BCUT2D eigenvalue weighted by Gasteiger charge is 2.26. The molecule has 1 rings (SSSR count). The number of hydrogen-bond donors (Lipinski definition) is 2. The van der Waals surface area contributed by atoms with Crippen molar-refractivity contribution < 1.29 is 0 Å². The highest BCUT2D eigenvalue weighted by molar-refractivity contribution is 8.13. The number of hydrogen-bond acceptors (Lipinski definition) is 4. The topological polar surface area (TPSA) is 86.5 Å². The van der Waals surface area contributed by atoms with Crippen LogP contribution >= 0.6 is 11.8 Å². The van der Waals surface area contributed by atoms with Gasteiger partial charge in [-0.15, -0.1) is 0 Å². The van der Waals surface area contributed by atoms with Gasteiger partial charge >= 0.3 is 0 Å². The summed E-state index contributed by atoms with van der Waals surface area (Å²) in [5.41, 5.74) is 8.09. The minimum absolute atomic E-state index is 0.0365. The Hall–Kier alpha value is -1.54. The zero-order chi connectivity index (χ0) is 17.3. The van der Waals surface area contributed by atoms with E-state index in [1.54, 1.807) is 0 Å². The second kappa shape index (κ2) is 9.47. The molecule has 0 spiro atoms. The molecule has 0 saturated heterocycles. The van der Waals surface area contributed by atoms with Crippen molar-refractivity contribution in [1.82, 2.24) is 4.98 Å². The maximum atomic E-state index is 7.39. The average molecular weight is 321 g/mol. The highest BCUT2D eigenvalue weighted by atomic mass is 32.2. The lowest BCUT2D eigenvalue weighted by atomic mass is 9.79. The van der Waals surface area contributed by atoms with Crippen LogP contribution in [0.2, 0.25) is 0 Å². The number of nitrogens with one attached hydrogen (secondary N) is 1. The molecule has 0 aliphatic carbocycles. The fourth-order valence-corrected chi connectivity index (χ4v) is 3.24. The van der Waals surface area contributed by atoms with E-state index >= 15 is 0 Å². The molecule has 0 aromatic carbocycles. The van der Waals surface area contributed by atoms with Gasteiger partial charge in [-0.25, -0.2) is 5.26 Å². The molecule has 122 valence electrons. The number of pyridine rings is 1. The summed E-state index contributed by atoms with van der Waals surface area (Å²) >= 11 is 1.40. The normalized spacial score (nSPS) is 12.4. The quantitative estimate of drug-likeness (QED) is 0.605. The minimum Gasteiger partial charge on any atom is -0.379 e. The number of rotatable bonds is 6. The second-order valence-corrected chi connectivity index (χ2v) is 7.55. The number of nitriles is 1. The lowest BCUT2D eigenvalue weighted by Crippen LogP contribution is -2.25. The molecule has 4 nitrogen and oxygen atoms in total. The Kier molecular flexibility index (Phi) is 8.81. The van der Waals surface area contributed by atoms with Gasteiger partial charge in [0.15, 0.2) is 5.17 Å². The lowest BCUT2D eigenvalue weighted by Gasteiger charge is -2.29. The van der Waals surface area contributed by atoms with Crippen LogP contribution in [-0.4, -0.2) is 15.9 Å². The summed E-state index contributed by atoms with van der Waals surface area (Å²) in [6.45, 7) is 14.7. The smallest absolute Gasteiger partial charge is 0.151 e. The molecule has 3 N–H and O–H groups in total. The summed E-state index contributed by atoms with van der Waals surface area (Å²) in [6, 6.07) is 2.14. The van der Waals surface area contributed by atoms with E-state index in [9.17, 15) is 0 Å². The molecule has 0 saturated carbocycles. The largest absolute Gasteiger partial charge is 0.379 e. The van der Waals surface area contributed by atoms with Gasteiger partial charge < -0.3 is 5.73 Å². The molecule has 0 aliphatic heterocycles. The standard InChI is InChI=1S/C16H27N3S.CHN/c1-11(2)8-12(3)13-6-7-19-9-14(13)16(4,5)10-20-15(17)18;1-2/h6-7,9,11-12H,8,10H2,1-5H3,(H3,17,18);1H. The van der Waals surface area contributed by atoms with E-state index in [1.165, 1.54) is 29.3 Å². The van der Waals surface area contributed by atoms with Gasteiger partial charge in [0.05, 0.1) is 0 Å². The van der Waals surface area contributed by atoms with E-state index in [1.807, 2.05) is 12.4 Å². The SMILES string of the molecule is C#N.CC(C)CC(C)c1ccncc1C(C)(C)CSC(=N)N. The molecule has 0 radical (unpaired) electrons. The zero-order valence-electron chi connectivity index (χ0n) is 14.3. The minimum atomic E-state index is -0.0365. The van der Waals surface area contributed by atoms with E-state index in [-0.39, 0.29) is 10.6 Å². The summed E-state index contributed by atoms with van der Waals surface area (Å²) in [4.78, 5) is 4.31. The van der Waals surface area contributed by atoms with Crippen molar-refractivity contribution in [3.05, 3.63) is 29.6 Å². The molecule has 1 aromatic rings. The third kappa shape index (κ3) is 6.48. The molecular formula is C17H28N4S. The van der Waals surface area contributed by atoms with Gasteiger partial charge in [-0.3, -0.25) is 10.4 Å². The molecule has 1 heterocycles. The monoisotopic (exact) mass is 320 g/mol. The van der Waals surface area contributed by atoms with Crippen LogP contribution in [0.15, 0.2) is 18.5 Å². The Labute approximate surface area is 139 Å². The van der Waals surface area contributed by atoms with E-state index < -0.39 is 0 Å². The van der Waals surface area contributed by atoms with Gasteiger partial charge in [-0.2, -0.15) is 0 Å². The molecule has 5 heteroatoms. The first-order valence-electron chi connectivity index (χ1n) is 7.41. The van der Waals surface area contributed by atoms with Gasteiger partial charge in [0.25, 0.3) is 0 Å². The van der Waals surface area contributed by atoms with Crippen molar-refractivity contribution in [3.63, 3.8) is 0 Å². The summed E-state index contributed by atoms with van der Waals surface area (Å²) in [6.07, 6.45) is 5.03. The van der Waals surface area contributed by atoms with Gasteiger partial charge in [0.1, 0.15) is 0 Å². The fraction of sp³-hybridized carbons (Fsp3) is 0.588. The van der Waals surface area contributed by atoms with Crippen LogP contribution in [0.4, 0.5) is 0 Å². The van der Waals surface area contributed by atoms with Crippen molar-refractivity contribution in [3.8, 4) is 6.57 Å². The molecule has 0 aliphatic rings. The number of nitrogens with zero attached hydrogens (tertiary/aromatic N) is 2. The maximum Gasteiger partial charge on any atom is 0.151 e. The molecular weight excluding hydrogens is 292 g/mol. The van der Waals surface area contributed by atoms with E-state index in [4.69, 9.17) is 16.4 Å². The van der Waals surface area contributed by atoms with Crippen LogP contribution in [0, 0.1) is 23.2 Å². The van der Waals surface area contributed by atoms with Crippen LogP contribution in [0.5, 0.6) is 0 Å². The summed E-state index contributed by atoms with van der Waals surface area (Å²) in [5, 5.41) is 14.1. The Morgan fingerprint density at radius 2 is 2.00 bits per heavy atom. The average Bonchev–Trinajstić information content (AvgIpc) is 2.47. The zero-order valence-corrected chi connectivity index (χ0v) is 15.1. The fourth-order valence-electron chi connectivity index (χ4n) is 2.57. The van der Waals surface area contributed by atoms with Crippen molar-refractivity contribution in [2.75, 3.05) is 5.75 Å². The summed E-state index contributed by atoms with van der Waals surface area (Å²) in [5.74, 6) is 2.01. The van der Waals surface area contributed by atoms with E-state index in [2.05, 4.69) is 52.2 Å². The van der Waals surface area contributed by atoms with Gasteiger partial charge in [0.2, 0.25) is 0 Å². The first-order chi connectivity index (χ1) is 10.2. The molecule has 22 heavy (non-hydrogen) atoms. The van der Waals surface area contributed by atoms with Gasteiger partial charge in [-0.1, -0.05) is 46.4 Å². The number of amidine groups is 1. The van der Waals surface area contributed by atoms with Crippen molar-refractivity contribution in [2.45, 2.75) is 52.4 Å². The maximum absolute atomic E-state index is 7.39. The first kappa shape index (κ1) is 20.5. The highest BCUT2D eigenvalue weighted by Crippen LogP contribution is 2.34. The summed E-state index contributed by atoms with van der Waals surface area (Å²) in [7, 11) is 0. The summed E-state index contributed by atoms with van der Waals surface area (Å²) < 4.78 is 0.